The molecule has 1 heterocycles. The van der Waals surface area contributed by atoms with Gasteiger partial charge in [0.25, 0.3) is 5.91 Å². The van der Waals surface area contributed by atoms with Crippen LogP contribution in [0.1, 0.15) is 31.0 Å². The van der Waals surface area contributed by atoms with E-state index in [1.807, 2.05) is 37.3 Å². The molecule has 0 saturated carbocycles. The van der Waals surface area contributed by atoms with Gasteiger partial charge in [0.05, 0.1) is 29.3 Å². The first kappa shape index (κ1) is 19.8. The van der Waals surface area contributed by atoms with Crippen LogP contribution in [0.2, 0.25) is 5.02 Å². The minimum atomic E-state index is -0.660. The SMILES string of the molecule is COC(=O)C1=C(C)N([C@H](C)c2ccccc2)C(=O)/C1=C/c1c(F)cccc1Cl. The zero-order chi connectivity index (χ0) is 20.4. The lowest BCUT2D eigenvalue weighted by Crippen LogP contribution is -2.28. The molecule has 0 fully saturated rings. The molecule has 6 heteroatoms. The van der Waals surface area contributed by atoms with Gasteiger partial charge in [-0.3, -0.25) is 4.79 Å². The number of carbonyl (C=O) groups is 2. The lowest BCUT2D eigenvalue weighted by Gasteiger charge is -2.26. The molecule has 0 bridgehead atoms. The topological polar surface area (TPSA) is 46.6 Å². The molecule has 2 aromatic carbocycles. The van der Waals surface area contributed by atoms with Gasteiger partial charge in [0.2, 0.25) is 0 Å². The van der Waals surface area contributed by atoms with Gasteiger partial charge in [0, 0.05) is 11.3 Å². The lowest BCUT2D eigenvalue weighted by atomic mass is 10.0. The van der Waals surface area contributed by atoms with Gasteiger partial charge in [-0.1, -0.05) is 48.0 Å². The molecule has 1 atom stereocenters. The van der Waals surface area contributed by atoms with Crippen molar-refractivity contribution in [1.29, 1.82) is 0 Å². The minimum absolute atomic E-state index is 0.0518. The Kier molecular flexibility index (Phi) is 5.66. The van der Waals surface area contributed by atoms with Crippen LogP contribution in [0.3, 0.4) is 0 Å². The van der Waals surface area contributed by atoms with E-state index in [1.54, 1.807) is 6.92 Å². The van der Waals surface area contributed by atoms with E-state index < -0.39 is 17.7 Å². The highest BCUT2D eigenvalue weighted by molar-refractivity contribution is 6.32. The monoisotopic (exact) mass is 399 g/mol. The third-order valence-electron chi connectivity index (χ3n) is 4.79. The molecule has 144 valence electrons. The van der Waals surface area contributed by atoms with Crippen molar-refractivity contribution in [3.8, 4) is 0 Å². The highest BCUT2D eigenvalue weighted by Gasteiger charge is 2.39. The molecular formula is C22H19ClFNO3. The van der Waals surface area contributed by atoms with Crippen LogP contribution in [-0.2, 0) is 14.3 Å². The maximum Gasteiger partial charge on any atom is 0.340 e. The first-order chi connectivity index (χ1) is 13.4. The molecule has 0 N–H and O–H groups in total. The second-order valence-electron chi connectivity index (χ2n) is 6.41. The number of esters is 1. The summed E-state index contributed by atoms with van der Waals surface area (Å²) in [5.74, 6) is -1.65. The maximum absolute atomic E-state index is 14.3. The molecule has 0 spiro atoms. The summed E-state index contributed by atoms with van der Waals surface area (Å²) in [6.07, 6.45) is 1.31. The van der Waals surface area contributed by atoms with Crippen LogP contribution in [0, 0.1) is 5.82 Å². The fourth-order valence-electron chi connectivity index (χ4n) is 3.34. The summed E-state index contributed by atoms with van der Waals surface area (Å²) < 4.78 is 19.1. The van der Waals surface area contributed by atoms with Gasteiger partial charge in [0.15, 0.2) is 0 Å². The molecule has 1 aliphatic heterocycles. The molecule has 1 amide bonds. The first-order valence-electron chi connectivity index (χ1n) is 8.70. The molecule has 0 radical (unpaired) electrons. The van der Waals surface area contributed by atoms with E-state index in [4.69, 9.17) is 16.3 Å². The van der Waals surface area contributed by atoms with Gasteiger partial charge in [-0.15, -0.1) is 0 Å². The number of amides is 1. The third-order valence-corrected chi connectivity index (χ3v) is 5.12. The Balaban J connectivity index is 2.15. The van der Waals surface area contributed by atoms with E-state index in [0.717, 1.165) is 5.56 Å². The van der Waals surface area contributed by atoms with E-state index in [1.165, 1.54) is 36.3 Å². The third kappa shape index (κ3) is 3.45. The molecular weight excluding hydrogens is 381 g/mol. The van der Waals surface area contributed by atoms with Crippen LogP contribution >= 0.6 is 11.6 Å². The molecule has 0 saturated heterocycles. The van der Waals surface area contributed by atoms with Crippen LogP contribution in [0.25, 0.3) is 6.08 Å². The molecule has 0 unspecified atom stereocenters. The average molecular weight is 400 g/mol. The Hall–Kier alpha value is -2.92. The number of halogens is 2. The van der Waals surface area contributed by atoms with Crippen molar-refractivity contribution in [3.05, 3.63) is 87.3 Å². The van der Waals surface area contributed by atoms with Crippen LogP contribution < -0.4 is 0 Å². The largest absolute Gasteiger partial charge is 0.465 e. The zero-order valence-electron chi connectivity index (χ0n) is 15.7. The molecule has 28 heavy (non-hydrogen) atoms. The normalized spacial score (nSPS) is 16.7. The van der Waals surface area contributed by atoms with E-state index in [0.29, 0.717) is 5.70 Å². The standard InChI is InChI=1S/C22H19ClFNO3/c1-13(15-8-5-4-6-9-15)25-14(2)20(22(27)28-3)17(21(25)26)12-16-18(23)10-7-11-19(16)24/h4-13H,1-3H3/b17-12+/t13-/m1/s1. The summed E-state index contributed by atoms with van der Waals surface area (Å²) in [6, 6.07) is 13.4. The van der Waals surface area contributed by atoms with Crippen molar-refractivity contribution >= 4 is 29.6 Å². The number of rotatable bonds is 4. The van der Waals surface area contributed by atoms with E-state index in [-0.39, 0.29) is 27.8 Å². The number of hydrogen-bond donors (Lipinski definition) is 0. The van der Waals surface area contributed by atoms with Crippen LogP contribution in [0.5, 0.6) is 0 Å². The summed E-state index contributed by atoms with van der Waals surface area (Å²) in [5, 5.41) is 0.150. The fourth-order valence-corrected chi connectivity index (χ4v) is 3.56. The Labute approximate surface area is 167 Å². The molecule has 1 aliphatic rings. The number of allylic oxidation sites excluding steroid dienone is 1. The van der Waals surface area contributed by atoms with Gasteiger partial charge in [0.1, 0.15) is 5.82 Å². The number of ether oxygens (including phenoxy) is 1. The molecule has 4 nitrogen and oxygen atoms in total. The summed E-state index contributed by atoms with van der Waals surface area (Å²) in [5.41, 5.74) is 1.57. The van der Waals surface area contributed by atoms with Gasteiger partial charge < -0.3 is 9.64 Å². The predicted molar refractivity (Wildman–Crippen MR) is 106 cm³/mol. The van der Waals surface area contributed by atoms with Crippen molar-refractivity contribution in [2.24, 2.45) is 0 Å². The number of benzene rings is 2. The number of hydrogen-bond acceptors (Lipinski definition) is 3. The Morgan fingerprint density at radius 2 is 1.86 bits per heavy atom. The van der Waals surface area contributed by atoms with Crippen molar-refractivity contribution in [1.82, 2.24) is 4.90 Å². The fraction of sp³-hybridized carbons (Fsp3) is 0.182. The Bertz CT molecular complexity index is 978. The van der Waals surface area contributed by atoms with Crippen molar-refractivity contribution in [2.75, 3.05) is 7.11 Å². The van der Waals surface area contributed by atoms with E-state index in [9.17, 15) is 14.0 Å². The summed E-state index contributed by atoms with van der Waals surface area (Å²) in [6.45, 7) is 3.54. The zero-order valence-corrected chi connectivity index (χ0v) is 16.5. The second kappa shape index (κ2) is 7.98. The lowest BCUT2D eigenvalue weighted by molar-refractivity contribution is -0.136. The smallest absolute Gasteiger partial charge is 0.340 e. The van der Waals surface area contributed by atoms with Crippen molar-refractivity contribution in [3.63, 3.8) is 0 Å². The first-order valence-corrected chi connectivity index (χ1v) is 9.08. The van der Waals surface area contributed by atoms with E-state index in [2.05, 4.69) is 0 Å². The summed E-state index contributed by atoms with van der Waals surface area (Å²) in [4.78, 5) is 27.2. The van der Waals surface area contributed by atoms with Crippen molar-refractivity contribution in [2.45, 2.75) is 19.9 Å². The molecule has 3 rings (SSSR count). The Morgan fingerprint density at radius 3 is 2.46 bits per heavy atom. The van der Waals surface area contributed by atoms with Gasteiger partial charge in [-0.25, -0.2) is 9.18 Å². The number of methoxy groups -OCH3 is 1. The molecule has 0 aliphatic carbocycles. The second-order valence-corrected chi connectivity index (χ2v) is 6.81. The van der Waals surface area contributed by atoms with Gasteiger partial charge in [-0.2, -0.15) is 0 Å². The highest BCUT2D eigenvalue weighted by Crippen LogP contribution is 2.38. The van der Waals surface area contributed by atoms with Gasteiger partial charge in [-0.05, 0) is 37.6 Å². The maximum atomic E-state index is 14.3. The Morgan fingerprint density at radius 1 is 1.18 bits per heavy atom. The van der Waals surface area contributed by atoms with E-state index >= 15 is 0 Å². The quantitative estimate of drug-likeness (QED) is 0.542. The average Bonchev–Trinajstić information content (AvgIpc) is 2.94. The molecule has 2 aromatic rings. The van der Waals surface area contributed by atoms with Gasteiger partial charge >= 0.3 is 5.97 Å². The summed E-state index contributed by atoms with van der Waals surface area (Å²) in [7, 11) is 1.24. The molecule has 0 aromatic heterocycles. The van der Waals surface area contributed by atoms with Crippen LogP contribution in [-0.4, -0.2) is 23.9 Å². The summed E-state index contributed by atoms with van der Waals surface area (Å²) >= 11 is 6.11. The van der Waals surface area contributed by atoms with Crippen molar-refractivity contribution < 1.29 is 18.7 Å². The van der Waals surface area contributed by atoms with Crippen LogP contribution in [0.4, 0.5) is 4.39 Å². The minimum Gasteiger partial charge on any atom is -0.465 e. The number of carbonyl (C=O) groups excluding carboxylic acids is 2. The van der Waals surface area contributed by atoms with Crippen LogP contribution in [0.15, 0.2) is 65.4 Å². The predicted octanol–water partition coefficient (Wildman–Crippen LogP) is 4.91. The number of nitrogens with zero attached hydrogens (tertiary/aromatic N) is 1. The highest BCUT2D eigenvalue weighted by atomic mass is 35.5.